The minimum Gasteiger partial charge on any atom is -0.480 e. The second kappa shape index (κ2) is 5.63. The lowest BCUT2D eigenvalue weighted by Crippen LogP contribution is -2.13. The Kier molecular flexibility index (Phi) is 3.51. The molecule has 1 heterocycles. The van der Waals surface area contributed by atoms with Crippen LogP contribution in [0.3, 0.4) is 0 Å². The van der Waals surface area contributed by atoms with Crippen molar-refractivity contribution in [2.24, 2.45) is 0 Å². The molecule has 0 radical (unpaired) electrons. The first-order valence-electron chi connectivity index (χ1n) is 6.64. The molecule has 0 amide bonds. The van der Waals surface area contributed by atoms with Gasteiger partial charge in [-0.15, -0.1) is 0 Å². The molecule has 0 atom stereocenters. The SMILES string of the molecule is O=C(O)CNc1ccc2cc(-c3ccccc3)ccc2n1. The molecule has 0 unspecified atom stereocenters. The quantitative estimate of drug-likeness (QED) is 0.767. The Balaban J connectivity index is 1.93. The average Bonchev–Trinajstić information content (AvgIpc) is 2.53. The highest BCUT2D eigenvalue weighted by molar-refractivity contribution is 5.86. The van der Waals surface area contributed by atoms with Gasteiger partial charge in [-0.05, 0) is 35.4 Å². The summed E-state index contributed by atoms with van der Waals surface area (Å²) < 4.78 is 0. The molecule has 1 aromatic heterocycles. The lowest BCUT2D eigenvalue weighted by molar-refractivity contribution is -0.134. The lowest BCUT2D eigenvalue weighted by atomic mass is 10.0. The van der Waals surface area contributed by atoms with Crippen molar-refractivity contribution in [1.82, 2.24) is 4.98 Å². The predicted octanol–water partition coefficient (Wildman–Crippen LogP) is 3.40. The van der Waals surface area contributed by atoms with Crippen molar-refractivity contribution < 1.29 is 9.90 Å². The molecule has 104 valence electrons. The first-order valence-corrected chi connectivity index (χ1v) is 6.64. The van der Waals surface area contributed by atoms with Crippen LogP contribution in [-0.4, -0.2) is 22.6 Å². The van der Waals surface area contributed by atoms with E-state index < -0.39 is 5.97 Å². The number of carboxylic acid groups (broad SMARTS) is 1. The average molecular weight is 278 g/mol. The summed E-state index contributed by atoms with van der Waals surface area (Å²) in [7, 11) is 0. The van der Waals surface area contributed by atoms with E-state index in [1.165, 1.54) is 0 Å². The number of nitrogens with one attached hydrogen (secondary N) is 1. The number of carbonyl (C=O) groups is 1. The monoisotopic (exact) mass is 278 g/mol. The van der Waals surface area contributed by atoms with E-state index in [1.807, 2.05) is 36.4 Å². The Bertz CT molecular complexity index is 785. The number of rotatable bonds is 4. The summed E-state index contributed by atoms with van der Waals surface area (Å²) in [4.78, 5) is 15.0. The van der Waals surface area contributed by atoms with Gasteiger partial charge in [0.25, 0.3) is 0 Å². The predicted molar refractivity (Wildman–Crippen MR) is 83.3 cm³/mol. The number of aromatic nitrogens is 1. The van der Waals surface area contributed by atoms with Crippen LogP contribution in [0.1, 0.15) is 0 Å². The highest BCUT2D eigenvalue weighted by Gasteiger charge is 2.03. The van der Waals surface area contributed by atoms with Gasteiger partial charge in [-0.3, -0.25) is 4.79 Å². The largest absolute Gasteiger partial charge is 0.480 e. The fourth-order valence-corrected chi connectivity index (χ4v) is 2.20. The van der Waals surface area contributed by atoms with E-state index in [0.29, 0.717) is 5.82 Å². The molecule has 2 aromatic carbocycles. The van der Waals surface area contributed by atoms with Crippen molar-refractivity contribution in [3.8, 4) is 11.1 Å². The molecule has 0 fully saturated rings. The van der Waals surface area contributed by atoms with Crippen LogP contribution < -0.4 is 5.32 Å². The Hall–Kier alpha value is -2.88. The molecule has 0 bridgehead atoms. The number of hydrogen-bond acceptors (Lipinski definition) is 3. The van der Waals surface area contributed by atoms with Crippen LogP contribution in [0.15, 0.2) is 60.7 Å². The van der Waals surface area contributed by atoms with Gasteiger partial charge in [0.1, 0.15) is 12.4 Å². The van der Waals surface area contributed by atoms with E-state index in [1.54, 1.807) is 6.07 Å². The lowest BCUT2D eigenvalue weighted by Gasteiger charge is -2.06. The number of carboxylic acids is 1. The van der Waals surface area contributed by atoms with Crippen molar-refractivity contribution in [2.75, 3.05) is 11.9 Å². The second-order valence-electron chi connectivity index (χ2n) is 4.72. The molecule has 2 N–H and O–H groups in total. The standard InChI is InChI=1S/C17H14N2O2/c20-17(21)11-18-16-9-7-14-10-13(6-8-15(14)19-16)12-4-2-1-3-5-12/h1-10H,11H2,(H,18,19)(H,20,21). The topological polar surface area (TPSA) is 62.2 Å². The smallest absolute Gasteiger partial charge is 0.322 e. The van der Waals surface area contributed by atoms with E-state index in [0.717, 1.165) is 22.0 Å². The fourth-order valence-electron chi connectivity index (χ4n) is 2.20. The summed E-state index contributed by atoms with van der Waals surface area (Å²) >= 11 is 0. The molecular formula is C17H14N2O2. The van der Waals surface area contributed by atoms with Gasteiger partial charge in [0.2, 0.25) is 0 Å². The molecule has 0 saturated carbocycles. The molecule has 3 rings (SSSR count). The van der Waals surface area contributed by atoms with Gasteiger partial charge in [-0.1, -0.05) is 36.4 Å². The van der Waals surface area contributed by atoms with Crippen LogP contribution in [0, 0.1) is 0 Å². The third-order valence-corrected chi connectivity index (χ3v) is 3.22. The maximum atomic E-state index is 10.5. The van der Waals surface area contributed by atoms with Gasteiger partial charge in [0, 0.05) is 5.39 Å². The van der Waals surface area contributed by atoms with Crippen molar-refractivity contribution in [3.05, 3.63) is 60.7 Å². The summed E-state index contributed by atoms with van der Waals surface area (Å²) in [5.41, 5.74) is 3.13. The number of aliphatic carboxylic acids is 1. The Morgan fingerprint density at radius 3 is 2.57 bits per heavy atom. The van der Waals surface area contributed by atoms with Crippen LogP contribution in [0.4, 0.5) is 5.82 Å². The van der Waals surface area contributed by atoms with E-state index in [-0.39, 0.29) is 6.54 Å². The first-order chi connectivity index (χ1) is 10.2. The number of pyridine rings is 1. The molecule has 4 nitrogen and oxygen atoms in total. The first kappa shape index (κ1) is 13.1. The molecule has 0 saturated heterocycles. The number of benzene rings is 2. The minimum atomic E-state index is -0.906. The molecule has 0 aliphatic carbocycles. The van der Waals surface area contributed by atoms with Gasteiger partial charge in [-0.2, -0.15) is 0 Å². The van der Waals surface area contributed by atoms with Crippen LogP contribution in [0.2, 0.25) is 0 Å². The van der Waals surface area contributed by atoms with Crippen LogP contribution >= 0.6 is 0 Å². The van der Waals surface area contributed by atoms with Gasteiger partial charge in [0.15, 0.2) is 0 Å². The Morgan fingerprint density at radius 2 is 1.81 bits per heavy atom. The number of anilines is 1. The van der Waals surface area contributed by atoms with Crippen molar-refractivity contribution >= 4 is 22.7 Å². The maximum absolute atomic E-state index is 10.5. The minimum absolute atomic E-state index is 0.138. The van der Waals surface area contributed by atoms with Crippen LogP contribution in [-0.2, 0) is 4.79 Å². The maximum Gasteiger partial charge on any atom is 0.322 e. The van der Waals surface area contributed by atoms with Crippen molar-refractivity contribution in [1.29, 1.82) is 0 Å². The second-order valence-corrected chi connectivity index (χ2v) is 4.72. The van der Waals surface area contributed by atoms with Crippen LogP contribution in [0.5, 0.6) is 0 Å². The molecule has 0 spiro atoms. The highest BCUT2D eigenvalue weighted by atomic mass is 16.4. The molecule has 0 aliphatic heterocycles. The summed E-state index contributed by atoms with van der Waals surface area (Å²) in [6.45, 7) is -0.138. The summed E-state index contributed by atoms with van der Waals surface area (Å²) in [5.74, 6) is -0.339. The number of hydrogen-bond donors (Lipinski definition) is 2. The molecule has 4 heteroatoms. The third kappa shape index (κ3) is 3.00. The van der Waals surface area contributed by atoms with E-state index in [9.17, 15) is 4.79 Å². The fraction of sp³-hybridized carbons (Fsp3) is 0.0588. The molecule has 21 heavy (non-hydrogen) atoms. The van der Waals surface area contributed by atoms with Crippen molar-refractivity contribution in [2.45, 2.75) is 0 Å². The van der Waals surface area contributed by atoms with E-state index in [2.05, 4.69) is 28.5 Å². The normalized spacial score (nSPS) is 10.5. The number of nitrogens with zero attached hydrogens (tertiary/aromatic N) is 1. The summed E-state index contributed by atoms with van der Waals surface area (Å²) in [5, 5.41) is 12.5. The zero-order chi connectivity index (χ0) is 14.7. The van der Waals surface area contributed by atoms with Crippen molar-refractivity contribution in [3.63, 3.8) is 0 Å². The zero-order valence-corrected chi connectivity index (χ0v) is 11.3. The number of fused-ring (bicyclic) bond motifs is 1. The summed E-state index contributed by atoms with van der Waals surface area (Å²) in [6.07, 6.45) is 0. The van der Waals surface area contributed by atoms with Gasteiger partial charge >= 0.3 is 5.97 Å². The van der Waals surface area contributed by atoms with E-state index in [4.69, 9.17) is 5.11 Å². The highest BCUT2D eigenvalue weighted by Crippen LogP contribution is 2.24. The molecule has 0 aliphatic rings. The van der Waals surface area contributed by atoms with E-state index >= 15 is 0 Å². The third-order valence-electron chi connectivity index (χ3n) is 3.22. The Morgan fingerprint density at radius 1 is 1.00 bits per heavy atom. The van der Waals surface area contributed by atoms with Gasteiger partial charge < -0.3 is 10.4 Å². The summed E-state index contributed by atoms with van der Waals surface area (Å²) in [6, 6.07) is 19.9. The molecule has 3 aromatic rings. The zero-order valence-electron chi connectivity index (χ0n) is 11.3. The van der Waals surface area contributed by atoms with Crippen LogP contribution in [0.25, 0.3) is 22.0 Å². The Labute approximate surface area is 122 Å². The van der Waals surface area contributed by atoms with Gasteiger partial charge in [-0.25, -0.2) is 4.98 Å². The van der Waals surface area contributed by atoms with Gasteiger partial charge in [0.05, 0.1) is 5.52 Å². The molecular weight excluding hydrogens is 264 g/mol.